The van der Waals surface area contributed by atoms with Gasteiger partial charge in [-0.3, -0.25) is 28.8 Å². The average Bonchev–Trinajstić information content (AvgIpc) is 2.74. The summed E-state index contributed by atoms with van der Waals surface area (Å²) >= 11 is 0. The van der Waals surface area contributed by atoms with Gasteiger partial charge in [-0.25, -0.2) is 4.79 Å². The van der Waals surface area contributed by atoms with E-state index in [9.17, 15) is 33.6 Å². The summed E-state index contributed by atoms with van der Waals surface area (Å²) in [6, 6.07) is -5.76. The minimum atomic E-state index is -1.71. The quantitative estimate of drug-likeness (QED) is 0.0803. The number of hydrogen-bond donors (Lipinski definition) is 9. The molecule has 0 heterocycles. The van der Waals surface area contributed by atoms with Crippen molar-refractivity contribution in [2.45, 2.75) is 69.1 Å². The van der Waals surface area contributed by atoms with Gasteiger partial charge < -0.3 is 49.7 Å². The Morgan fingerprint density at radius 1 is 0.657 bits per heavy atom. The van der Waals surface area contributed by atoms with Crippen LogP contribution in [0, 0.1) is 0 Å². The summed E-state index contributed by atoms with van der Waals surface area (Å²) in [5.74, 6) is -7.22. The van der Waals surface area contributed by atoms with E-state index in [1.807, 2.05) is 5.32 Å². The standard InChI is InChI=1S/C19H34N8O8/c20-6-2-1-3-9(21)16(31)26-11(7-14(23)29)18(33)25-10(4-5-13(22)28)17(32)27-12(19(34)35)8-15(24)30/h9-12H,1-8,20-21H2,(H2,22,28)(H2,23,29)(H2,24,30)(H,25,33)(H,26,31)(H,27,32)(H,34,35). The van der Waals surface area contributed by atoms with Crippen LogP contribution in [0.1, 0.15) is 44.9 Å². The number of unbranched alkanes of at least 4 members (excludes halogenated alkanes) is 1. The van der Waals surface area contributed by atoms with Gasteiger partial charge >= 0.3 is 5.97 Å². The molecule has 35 heavy (non-hydrogen) atoms. The molecule has 0 aliphatic rings. The van der Waals surface area contributed by atoms with Crippen LogP contribution in [0.25, 0.3) is 0 Å². The molecule has 4 unspecified atom stereocenters. The molecular weight excluding hydrogens is 468 g/mol. The second-order valence-electron chi connectivity index (χ2n) is 7.76. The molecule has 0 saturated carbocycles. The van der Waals surface area contributed by atoms with Crippen LogP contribution in [-0.4, -0.2) is 77.2 Å². The summed E-state index contributed by atoms with van der Waals surface area (Å²) in [6.45, 7) is 0.401. The van der Waals surface area contributed by atoms with Crippen molar-refractivity contribution < 1.29 is 38.7 Å². The molecule has 16 heteroatoms. The molecule has 198 valence electrons. The molecule has 0 fully saturated rings. The van der Waals surface area contributed by atoms with Crippen LogP contribution in [-0.2, 0) is 33.6 Å². The predicted octanol–water partition coefficient (Wildman–Crippen LogP) is -5.00. The first-order chi connectivity index (χ1) is 16.3. The Morgan fingerprint density at radius 3 is 1.63 bits per heavy atom. The summed E-state index contributed by atoms with van der Waals surface area (Å²) in [5, 5.41) is 15.7. The Labute approximate surface area is 201 Å². The Morgan fingerprint density at radius 2 is 1.14 bits per heavy atom. The van der Waals surface area contributed by atoms with Crippen molar-refractivity contribution in [3.8, 4) is 0 Å². The maximum absolute atomic E-state index is 12.8. The molecule has 4 atom stereocenters. The maximum Gasteiger partial charge on any atom is 0.326 e. The number of hydrogen-bond acceptors (Lipinski definition) is 9. The minimum absolute atomic E-state index is 0.258. The number of amides is 6. The van der Waals surface area contributed by atoms with Gasteiger partial charge in [0.15, 0.2) is 0 Å². The van der Waals surface area contributed by atoms with Crippen molar-refractivity contribution in [2.75, 3.05) is 6.54 Å². The predicted molar refractivity (Wildman–Crippen MR) is 120 cm³/mol. The van der Waals surface area contributed by atoms with E-state index in [2.05, 4.69) is 10.6 Å². The van der Waals surface area contributed by atoms with Gasteiger partial charge in [0.05, 0.1) is 18.9 Å². The van der Waals surface area contributed by atoms with E-state index < -0.39 is 78.4 Å². The van der Waals surface area contributed by atoms with E-state index in [4.69, 9.17) is 33.8 Å². The van der Waals surface area contributed by atoms with E-state index >= 15 is 0 Å². The van der Waals surface area contributed by atoms with E-state index in [0.717, 1.165) is 0 Å². The van der Waals surface area contributed by atoms with Gasteiger partial charge in [-0.2, -0.15) is 0 Å². The van der Waals surface area contributed by atoms with Crippen molar-refractivity contribution in [1.82, 2.24) is 16.0 Å². The molecule has 0 radical (unpaired) electrons. The van der Waals surface area contributed by atoms with Gasteiger partial charge in [0.2, 0.25) is 35.4 Å². The Balaban J connectivity index is 5.54. The van der Waals surface area contributed by atoms with Crippen molar-refractivity contribution >= 4 is 41.4 Å². The molecule has 16 nitrogen and oxygen atoms in total. The second kappa shape index (κ2) is 15.9. The van der Waals surface area contributed by atoms with Crippen LogP contribution in [0.4, 0.5) is 0 Å². The molecule has 6 amide bonds. The largest absolute Gasteiger partial charge is 0.480 e. The maximum atomic E-state index is 12.8. The monoisotopic (exact) mass is 502 g/mol. The SMILES string of the molecule is NCCCCC(N)C(=O)NC(CC(N)=O)C(=O)NC(CCC(N)=O)C(=O)NC(CC(N)=O)C(=O)O. The molecule has 0 aromatic rings. The number of carboxylic acid groups (broad SMARTS) is 1. The number of carboxylic acids is 1. The summed E-state index contributed by atoms with van der Waals surface area (Å²) in [5.41, 5.74) is 26.4. The molecule has 14 N–H and O–H groups in total. The molecule has 0 spiro atoms. The number of carbonyl (C=O) groups excluding carboxylic acids is 6. The number of carbonyl (C=O) groups is 7. The van der Waals surface area contributed by atoms with E-state index in [-0.39, 0.29) is 19.3 Å². The fourth-order valence-electron chi connectivity index (χ4n) is 2.83. The van der Waals surface area contributed by atoms with Crippen molar-refractivity contribution in [3.05, 3.63) is 0 Å². The number of primary amides is 3. The van der Waals surface area contributed by atoms with Crippen LogP contribution < -0.4 is 44.6 Å². The van der Waals surface area contributed by atoms with Gasteiger partial charge in [-0.15, -0.1) is 0 Å². The zero-order valence-corrected chi connectivity index (χ0v) is 19.2. The lowest BCUT2D eigenvalue weighted by atomic mass is 10.1. The van der Waals surface area contributed by atoms with Gasteiger partial charge in [0.1, 0.15) is 18.1 Å². The average molecular weight is 503 g/mol. The van der Waals surface area contributed by atoms with Crippen molar-refractivity contribution in [2.24, 2.45) is 28.7 Å². The number of nitrogens with one attached hydrogen (secondary N) is 3. The lowest BCUT2D eigenvalue weighted by molar-refractivity contribution is -0.144. The zero-order chi connectivity index (χ0) is 27.1. The lowest BCUT2D eigenvalue weighted by Crippen LogP contribution is -2.58. The third-order valence-electron chi connectivity index (χ3n) is 4.68. The molecule has 0 aromatic heterocycles. The highest BCUT2D eigenvalue weighted by Crippen LogP contribution is 2.04. The lowest BCUT2D eigenvalue weighted by Gasteiger charge is -2.24. The smallest absolute Gasteiger partial charge is 0.326 e. The fraction of sp³-hybridized carbons (Fsp3) is 0.632. The van der Waals surface area contributed by atoms with E-state index in [1.54, 1.807) is 0 Å². The molecule has 0 aliphatic heterocycles. The zero-order valence-electron chi connectivity index (χ0n) is 19.2. The number of nitrogens with two attached hydrogens (primary N) is 5. The highest BCUT2D eigenvalue weighted by molar-refractivity contribution is 5.96. The third-order valence-corrected chi connectivity index (χ3v) is 4.68. The first-order valence-electron chi connectivity index (χ1n) is 10.7. The normalized spacial score (nSPS) is 14.0. The van der Waals surface area contributed by atoms with Gasteiger partial charge in [-0.05, 0) is 25.8 Å². The van der Waals surface area contributed by atoms with Crippen molar-refractivity contribution in [1.29, 1.82) is 0 Å². The molecule has 0 aromatic carbocycles. The minimum Gasteiger partial charge on any atom is -0.480 e. The fourth-order valence-corrected chi connectivity index (χ4v) is 2.83. The molecule has 0 saturated heterocycles. The highest BCUT2D eigenvalue weighted by Gasteiger charge is 2.31. The van der Waals surface area contributed by atoms with E-state index in [0.29, 0.717) is 19.4 Å². The van der Waals surface area contributed by atoms with Crippen LogP contribution >= 0.6 is 0 Å². The van der Waals surface area contributed by atoms with Crippen LogP contribution in [0.2, 0.25) is 0 Å². The summed E-state index contributed by atoms with van der Waals surface area (Å²) in [6.07, 6.45) is -0.694. The highest BCUT2D eigenvalue weighted by atomic mass is 16.4. The van der Waals surface area contributed by atoms with Gasteiger partial charge in [0, 0.05) is 6.42 Å². The number of aliphatic carboxylic acids is 1. The molecule has 0 bridgehead atoms. The Kier molecular flexibility index (Phi) is 14.2. The molecule has 0 rings (SSSR count). The molecular formula is C19H34N8O8. The summed E-state index contributed by atoms with van der Waals surface area (Å²) in [4.78, 5) is 82.7. The first-order valence-corrected chi connectivity index (χ1v) is 10.7. The third kappa shape index (κ3) is 13.5. The number of rotatable bonds is 18. The Hall–Kier alpha value is -3.79. The second-order valence-corrected chi connectivity index (χ2v) is 7.76. The first kappa shape index (κ1) is 31.2. The topological polar surface area (TPSA) is 306 Å². The summed E-state index contributed by atoms with van der Waals surface area (Å²) in [7, 11) is 0. The van der Waals surface area contributed by atoms with Crippen molar-refractivity contribution in [3.63, 3.8) is 0 Å². The van der Waals surface area contributed by atoms with Crippen LogP contribution in [0.3, 0.4) is 0 Å². The summed E-state index contributed by atoms with van der Waals surface area (Å²) < 4.78 is 0. The Bertz CT molecular complexity index is 806. The van der Waals surface area contributed by atoms with Crippen LogP contribution in [0.15, 0.2) is 0 Å². The van der Waals surface area contributed by atoms with E-state index in [1.165, 1.54) is 0 Å². The van der Waals surface area contributed by atoms with Gasteiger partial charge in [-0.1, -0.05) is 6.42 Å². The molecule has 0 aliphatic carbocycles. The van der Waals surface area contributed by atoms with Gasteiger partial charge in [0.25, 0.3) is 0 Å². The van der Waals surface area contributed by atoms with Crippen LogP contribution in [0.5, 0.6) is 0 Å².